The number of fused-ring (bicyclic) bond motifs is 2. The molecule has 9 aliphatic rings. The van der Waals surface area contributed by atoms with Crippen molar-refractivity contribution in [3.8, 4) is 0 Å². The molecule has 7 saturated carbocycles. The van der Waals surface area contributed by atoms with Gasteiger partial charge in [0.15, 0.2) is 0 Å². The number of aliphatic hydroxyl groups excluding tert-OH is 2. The number of benzene rings is 3. The molecule has 0 saturated heterocycles. The van der Waals surface area contributed by atoms with Crippen LogP contribution in [-0.2, 0) is 17.6 Å². The Hall–Kier alpha value is -2.99. The van der Waals surface area contributed by atoms with Crippen LogP contribution in [0.5, 0.6) is 0 Å². The molecule has 5 heteroatoms. The van der Waals surface area contributed by atoms with Crippen molar-refractivity contribution in [3.05, 3.63) is 107 Å². The zero-order chi connectivity index (χ0) is 73.0. The fourth-order valence-corrected chi connectivity index (χ4v) is 16.8. The molecule has 5 nitrogen and oxygen atoms in total. The van der Waals surface area contributed by atoms with E-state index in [0.29, 0.717) is 0 Å². The third kappa shape index (κ3) is 36.9. The van der Waals surface area contributed by atoms with Gasteiger partial charge in [0.25, 0.3) is 0 Å². The smallest absolute Gasteiger partial charge is 0.306 e. The second-order valence-electron chi connectivity index (χ2n) is 35.8. The van der Waals surface area contributed by atoms with Crippen LogP contribution in [0.1, 0.15) is 353 Å². The summed E-state index contributed by atoms with van der Waals surface area (Å²) in [5.74, 6) is 17.2. The number of aryl methyl sites for hydroxylation is 3. The fraction of sp³-hybridized carbons (Fsp3) is 0.796. The Kier molecular flexibility index (Phi) is 47.9. The van der Waals surface area contributed by atoms with Crippen molar-refractivity contribution < 1.29 is 25.2 Å². The number of aliphatic carboxylic acids is 1. The van der Waals surface area contributed by atoms with Gasteiger partial charge in [0, 0.05) is 7.11 Å². The minimum absolute atomic E-state index is 0. The molecule has 0 aliphatic heterocycles. The topological polar surface area (TPSA) is 98.0 Å². The maximum Gasteiger partial charge on any atom is 0.306 e. The standard InChI is InChI=1S/C13H18.C12H16.C10H18O2.C10H20.C8H16O.3C8H16.C7H14O.C7H8.CH4O.CH4/c1-10(2)12-9-5-7-11-6-3-4-8-13(11)12;1-9(2)11-8-7-10-5-3-4-6-12(10)11;1-7(2)8-3-5-9(6-4-8)10(11)12;1-8(2)10-6-4-9(3)5-7-10;1-6(2)7-4-8(3,9)5-7;1-6(2)8-4-7(3)5-8;2*1-7(2)8-5-3-4-6-8;1-5(2)6-3-7(8)4-6;1-7-5-3-2-4-6-7;1-2;/h3-4,6,8,10,12H,5,7,9H2,1-2H3;3-6,9,11H,7-8H2,1-2H3;7-9H,3-6H2,1-2H3,(H,11,12);8-10H,4-7H2,1-3H3;6-7,9H,4-5H2,1-3H3;6-8H,4-5H2,1-3H3;2*7-8H,3-6H2,1-2H3;5-8H,3-4H2,1-2H3;2-6H,1H3;2H,1H3;1H4. The van der Waals surface area contributed by atoms with E-state index in [0.717, 1.165) is 177 Å². The third-order valence-corrected chi connectivity index (χ3v) is 24.7. The van der Waals surface area contributed by atoms with E-state index in [1.165, 1.54) is 128 Å². The average molecular weight is 1360 g/mol. The Morgan fingerprint density at radius 2 is 0.724 bits per heavy atom. The highest BCUT2D eigenvalue weighted by molar-refractivity contribution is 5.70. The van der Waals surface area contributed by atoms with Crippen LogP contribution in [0.3, 0.4) is 0 Å². The molecule has 568 valence electrons. The Morgan fingerprint density at radius 3 is 1.01 bits per heavy atom. The Balaban J connectivity index is 0.000000545. The molecule has 98 heavy (non-hydrogen) atoms. The van der Waals surface area contributed by atoms with Crippen LogP contribution in [0.2, 0.25) is 0 Å². The zero-order valence-corrected chi connectivity index (χ0v) is 68.0. The van der Waals surface area contributed by atoms with Gasteiger partial charge in [0.2, 0.25) is 0 Å². The van der Waals surface area contributed by atoms with E-state index in [1.807, 2.05) is 25.1 Å². The van der Waals surface area contributed by atoms with Gasteiger partial charge in [-0.15, -0.1) is 0 Å². The minimum atomic E-state index is -0.600. The third-order valence-electron chi connectivity index (χ3n) is 24.7. The molecular weight excluding hydrogens is 1200 g/mol. The summed E-state index contributed by atoms with van der Waals surface area (Å²) in [5.41, 5.74) is 7.39. The number of rotatable bonds is 10. The van der Waals surface area contributed by atoms with Crippen molar-refractivity contribution in [2.24, 2.45) is 112 Å². The van der Waals surface area contributed by atoms with Crippen LogP contribution in [-0.4, -0.2) is 45.2 Å². The fourth-order valence-electron chi connectivity index (χ4n) is 16.8. The molecule has 0 amide bonds. The largest absolute Gasteiger partial charge is 0.481 e. The van der Waals surface area contributed by atoms with E-state index < -0.39 is 5.97 Å². The van der Waals surface area contributed by atoms with Crippen LogP contribution >= 0.6 is 0 Å². The lowest BCUT2D eigenvalue weighted by Crippen LogP contribution is -2.42. The first-order valence-electron chi connectivity index (χ1n) is 41.0. The molecule has 3 aromatic carbocycles. The van der Waals surface area contributed by atoms with E-state index in [1.54, 1.807) is 22.3 Å². The van der Waals surface area contributed by atoms with Gasteiger partial charge in [-0.1, -0.05) is 295 Å². The molecule has 7 fully saturated rings. The van der Waals surface area contributed by atoms with Gasteiger partial charge < -0.3 is 20.4 Å². The monoisotopic (exact) mass is 1360 g/mol. The number of carboxylic acids is 1. The van der Waals surface area contributed by atoms with Gasteiger partial charge in [-0.25, -0.2) is 0 Å². The van der Waals surface area contributed by atoms with E-state index in [-0.39, 0.29) is 25.0 Å². The van der Waals surface area contributed by atoms with Crippen molar-refractivity contribution in [1.82, 2.24) is 0 Å². The van der Waals surface area contributed by atoms with Gasteiger partial charge in [0.05, 0.1) is 17.6 Å². The summed E-state index contributed by atoms with van der Waals surface area (Å²) in [4.78, 5) is 10.6. The quantitative estimate of drug-likeness (QED) is 0.162. The summed E-state index contributed by atoms with van der Waals surface area (Å²) < 4.78 is 0. The lowest BCUT2D eigenvalue weighted by atomic mass is 9.67. The van der Waals surface area contributed by atoms with Crippen LogP contribution in [0.15, 0.2) is 78.9 Å². The molecule has 0 aromatic heterocycles. The van der Waals surface area contributed by atoms with Crippen LogP contribution in [0, 0.1) is 119 Å². The Labute approximate surface area is 610 Å². The van der Waals surface area contributed by atoms with E-state index in [9.17, 15) is 9.90 Å². The predicted octanol–water partition coefficient (Wildman–Crippen LogP) is 26.9. The van der Waals surface area contributed by atoms with E-state index >= 15 is 0 Å². The summed E-state index contributed by atoms with van der Waals surface area (Å²) in [5, 5.41) is 34.0. The lowest BCUT2D eigenvalue weighted by molar-refractivity contribution is -0.143. The number of aliphatic hydroxyl groups is 3. The highest BCUT2D eigenvalue weighted by Crippen LogP contribution is 2.43. The van der Waals surface area contributed by atoms with E-state index in [2.05, 4.69) is 206 Å². The molecular formula is C93H166O5. The van der Waals surface area contributed by atoms with Crippen LogP contribution in [0.4, 0.5) is 0 Å². The first-order valence-corrected chi connectivity index (χ1v) is 41.0. The van der Waals surface area contributed by atoms with Gasteiger partial charge in [-0.3, -0.25) is 4.79 Å². The molecule has 0 heterocycles. The predicted molar refractivity (Wildman–Crippen MR) is 431 cm³/mol. The average Bonchev–Trinajstić information content (AvgIpc) is 1.05. The summed E-state index contributed by atoms with van der Waals surface area (Å²) >= 11 is 0. The first kappa shape index (κ1) is 93.0. The maximum atomic E-state index is 10.6. The Bertz CT molecular complexity index is 2320. The minimum Gasteiger partial charge on any atom is -0.481 e. The zero-order valence-electron chi connectivity index (χ0n) is 68.0. The SMILES string of the molecule is C.CC(C)C1CC(C)(O)C1.CC(C)C1CC(O)C1.CC(C)C1CCC(C(=O)O)CC1.CC(C)C1CCCC1.CC(C)C1CCCC1.CC(C)C1CCCc2ccccc21.CC(C)C1CCc2ccccc21.CC1CC(C(C)C)C1.CC1CCC(C(C)C)CC1.CO.Cc1ccccc1. The lowest BCUT2D eigenvalue weighted by Gasteiger charge is -2.43. The number of hydrogen-bond acceptors (Lipinski definition) is 4. The normalized spacial score (nSPS) is 27.3. The van der Waals surface area contributed by atoms with Crippen LogP contribution in [0.25, 0.3) is 0 Å². The second kappa shape index (κ2) is 50.4. The maximum absolute atomic E-state index is 10.6. The molecule has 2 unspecified atom stereocenters. The van der Waals surface area contributed by atoms with Gasteiger partial charge in [0.1, 0.15) is 0 Å². The molecule has 9 aliphatic carbocycles. The van der Waals surface area contributed by atoms with Crippen molar-refractivity contribution >= 4 is 5.97 Å². The van der Waals surface area contributed by atoms with E-state index in [4.69, 9.17) is 15.3 Å². The molecule has 2 atom stereocenters. The second-order valence-corrected chi connectivity index (χ2v) is 35.8. The van der Waals surface area contributed by atoms with Gasteiger partial charge in [-0.2, -0.15) is 0 Å². The van der Waals surface area contributed by atoms with Crippen molar-refractivity contribution in [2.75, 3.05) is 7.11 Å². The molecule has 0 radical (unpaired) electrons. The number of carbonyl (C=O) groups is 1. The molecule has 3 aromatic rings. The highest BCUT2D eigenvalue weighted by atomic mass is 16.4. The molecule has 4 N–H and O–H groups in total. The number of carboxylic acid groups (broad SMARTS) is 1. The highest BCUT2D eigenvalue weighted by Gasteiger charge is 2.39. The van der Waals surface area contributed by atoms with Crippen LogP contribution < -0.4 is 0 Å². The number of hydrogen-bond donors (Lipinski definition) is 4. The first-order chi connectivity index (χ1) is 45.8. The van der Waals surface area contributed by atoms with Crippen molar-refractivity contribution in [2.45, 2.75) is 357 Å². The van der Waals surface area contributed by atoms with Crippen molar-refractivity contribution in [1.29, 1.82) is 0 Å². The van der Waals surface area contributed by atoms with Crippen molar-refractivity contribution in [3.63, 3.8) is 0 Å². The van der Waals surface area contributed by atoms with Gasteiger partial charge in [-0.05, 0) is 264 Å². The molecule has 0 spiro atoms. The van der Waals surface area contributed by atoms with Gasteiger partial charge >= 0.3 is 5.97 Å². The molecule has 12 rings (SSSR count). The summed E-state index contributed by atoms with van der Waals surface area (Å²) in [7, 11) is 1.00. The molecule has 0 bridgehead atoms. The Morgan fingerprint density at radius 1 is 0.388 bits per heavy atom. The summed E-state index contributed by atoms with van der Waals surface area (Å²) in [6, 6.07) is 28.1. The summed E-state index contributed by atoms with van der Waals surface area (Å²) in [6.07, 6.45) is 35.6. The summed E-state index contributed by atoms with van der Waals surface area (Å²) in [6.45, 7) is 50.2.